The molecule has 0 radical (unpaired) electrons. The summed E-state index contributed by atoms with van der Waals surface area (Å²) in [4.78, 5) is 28.6. The Morgan fingerprint density at radius 1 is 1.03 bits per heavy atom. The highest BCUT2D eigenvalue weighted by Crippen LogP contribution is 2.38. The standard InChI is InChI=1S/C25H20ClF4N3O3/c1-12-16-4-3-13(24(35)31-10-17-20(28)6-14(27)7-21(17)29)5-23(16)33(25(36)32(12)2)11-18-19(26)8-15(34)9-22(18)30/h3-9,12,34H,10-11H2,1-2H3,(H,31,35). The second-order valence-corrected chi connectivity index (χ2v) is 8.76. The summed E-state index contributed by atoms with van der Waals surface area (Å²) in [6.45, 7) is 0.955. The minimum Gasteiger partial charge on any atom is -0.508 e. The number of rotatable bonds is 5. The molecule has 0 aromatic heterocycles. The van der Waals surface area contributed by atoms with Gasteiger partial charge in [-0.2, -0.15) is 0 Å². The van der Waals surface area contributed by atoms with E-state index in [9.17, 15) is 32.3 Å². The smallest absolute Gasteiger partial charge is 0.325 e. The molecule has 0 fully saturated rings. The molecule has 1 aliphatic heterocycles. The lowest BCUT2D eigenvalue weighted by Gasteiger charge is -2.39. The van der Waals surface area contributed by atoms with Crippen LogP contribution in [0.25, 0.3) is 0 Å². The molecule has 6 nitrogen and oxygen atoms in total. The SMILES string of the molecule is CC1c2ccc(C(=O)NCc3c(F)cc(F)cc3F)cc2N(Cc2c(F)cc(O)cc2Cl)C(=O)N1C. The molecule has 0 saturated heterocycles. The molecule has 0 aliphatic carbocycles. The third-order valence-electron chi connectivity index (χ3n) is 6.12. The van der Waals surface area contributed by atoms with E-state index in [0.29, 0.717) is 23.4 Å². The van der Waals surface area contributed by atoms with Crippen LogP contribution in [0.2, 0.25) is 5.02 Å². The summed E-state index contributed by atoms with van der Waals surface area (Å²) < 4.78 is 55.5. The summed E-state index contributed by atoms with van der Waals surface area (Å²) in [6, 6.07) is 6.72. The number of hydrogen-bond donors (Lipinski definition) is 2. The molecule has 3 amide bonds. The second-order valence-electron chi connectivity index (χ2n) is 8.35. The Balaban J connectivity index is 1.66. The molecule has 11 heteroatoms. The van der Waals surface area contributed by atoms with Crippen molar-refractivity contribution < 1.29 is 32.3 Å². The van der Waals surface area contributed by atoms with Crippen LogP contribution in [0.5, 0.6) is 5.75 Å². The maximum absolute atomic E-state index is 14.6. The summed E-state index contributed by atoms with van der Waals surface area (Å²) in [7, 11) is 1.57. The quantitative estimate of drug-likeness (QED) is 0.425. The topological polar surface area (TPSA) is 72.9 Å². The average molecular weight is 522 g/mol. The molecular formula is C25H20ClF4N3O3. The first-order valence-electron chi connectivity index (χ1n) is 10.7. The Kier molecular flexibility index (Phi) is 6.81. The first kappa shape index (κ1) is 25.3. The number of benzene rings is 3. The Morgan fingerprint density at radius 3 is 2.31 bits per heavy atom. The van der Waals surface area contributed by atoms with Crippen LogP contribution in [0, 0.1) is 23.3 Å². The first-order chi connectivity index (χ1) is 17.0. The molecule has 4 rings (SSSR count). The minimum absolute atomic E-state index is 0.0335. The van der Waals surface area contributed by atoms with Gasteiger partial charge in [-0.05, 0) is 30.7 Å². The maximum Gasteiger partial charge on any atom is 0.325 e. The number of nitrogens with one attached hydrogen (secondary N) is 1. The van der Waals surface area contributed by atoms with Crippen LogP contribution in [0.3, 0.4) is 0 Å². The fourth-order valence-electron chi connectivity index (χ4n) is 4.00. The zero-order chi connectivity index (χ0) is 26.3. The maximum atomic E-state index is 14.6. The molecule has 1 atom stereocenters. The lowest BCUT2D eigenvalue weighted by Crippen LogP contribution is -2.46. The zero-order valence-corrected chi connectivity index (χ0v) is 19.8. The van der Waals surface area contributed by atoms with Crippen molar-refractivity contribution in [2.24, 2.45) is 0 Å². The van der Waals surface area contributed by atoms with Gasteiger partial charge >= 0.3 is 6.03 Å². The van der Waals surface area contributed by atoms with Crippen LogP contribution in [0.1, 0.15) is 40.0 Å². The summed E-state index contributed by atoms with van der Waals surface area (Å²) >= 11 is 6.11. The largest absolute Gasteiger partial charge is 0.508 e. The van der Waals surface area contributed by atoms with E-state index in [4.69, 9.17) is 11.6 Å². The van der Waals surface area contributed by atoms with Crippen molar-refractivity contribution in [3.63, 3.8) is 0 Å². The van der Waals surface area contributed by atoms with E-state index in [2.05, 4.69) is 5.32 Å². The lowest BCUT2D eigenvalue weighted by molar-refractivity contribution is 0.0950. The number of fused-ring (bicyclic) bond motifs is 1. The van der Waals surface area contributed by atoms with Gasteiger partial charge in [0.15, 0.2) is 0 Å². The molecule has 0 bridgehead atoms. The van der Waals surface area contributed by atoms with Crippen LogP contribution in [-0.2, 0) is 13.1 Å². The van der Waals surface area contributed by atoms with Gasteiger partial charge in [0.05, 0.1) is 23.3 Å². The van der Waals surface area contributed by atoms with Gasteiger partial charge in [-0.1, -0.05) is 17.7 Å². The molecule has 0 saturated carbocycles. The molecule has 3 aromatic rings. The predicted octanol–water partition coefficient (Wildman–Crippen LogP) is 5.67. The van der Waals surface area contributed by atoms with Crippen LogP contribution in [0.15, 0.2) is 42.5 Å². The number of halogens is 5. The molecule has 2 N–H and O–H groups in total. The van der Waals surface area contributed by atoms with Crippen LogP contribution in [-0.4, -0.2) is 29.0 Å². The van der Waals surface area contributed by atoms with E-state index in [-0.39, 0.29) is 34.5 Å². The van der Waals surface area contributed by atoms with Gasteiger partial charge in [0.25, 0.3) is 5.91 Å². The van der Waals surface area contributed by atoms with Gasteiger partial charge in [-0.3, -0.25) is 9.69 Å². The number of anilines is 1. The number of phenolic OH excluding ortho intramolecular Hbond substituents is 1. The summed E-state index contributed by atoms with van der Waals surface area (Å²) in [6.07, 6.45) is 0. The van der Waals surface area contributed by atoms with Gasteiger partial charge in [0.2, 0.25) is 0 Å². The monoisotopic (exact) mass is 521 g/mol. The minimum atomic E-state index is -1.14. The second kappa shape index (κ2) is 9.69. The average Bonchev–Trinajstić information content (AvgIpc) is 2.80. The van der Waals surface area contributed by atoms with E-state index in [1.807, 2.05) is 0 Å². The number of phenols is 1. The van der Waals surface area contributed by atoms with Gasteiger partial charge in [0, 0.05) is 48.5 Å². The normalized spacial score (nSPS) is 15.2. The Hall–Kier alpha value is -3.79. The highest BCUT2D eigenvalue weighted by atomic mass is 35.5. The van der Waals surface area contributed by atoms with Crippen molar-refractivity contribution >= 4 is 29.2 Å². The summed E-state index contributed by atoms with van der Waals surface area (Å²) in [5.74, 6) is -5.24. The number of amides is 3. The van der Waals surface area contributed by atoms with Gasteiger partial charge in [-0.15, -0.1) is 0 Å². The van der Waals surface area contributed by atoms with E-state index in [0.717, 1.165) is 12.1 Å². The van der Waals surface area contributed by atoms with Crippen LogP contribution in [0.4, 0.5) is 28.0 Å². The van der Waals surface area contributed by atoms with Crippen LogP contribution < -0.4 is 10.2 Å². The lowest BCUT2D eigenvalue weighted by atomic mass is 9.98. The molecule has 1 unspecified atom stereocenters. The Labute approximate surface area is 208 Å². The van der Waals surface area contributed by atoms with E-state index >= 15 is 0 Å². The third kappa shape index (κ3) is 4.68. The van der Waals surface area contributed by atoms with Gasteiger partial charge in [0.1, 0.15) is 29.0 Å². The molecule has 36 heavy (non-hydrogen) atoms. The number of aromatic hydroxyl groups is 1. The number of nitrogens with zero attached hydrogens (tertiary/aromatic N) is 2. The van der Waals surface area contributed by atoms with Crippen molar-refractivity contribution in [2.75, 3.05) is 11.9 Å². The van der Waals surface area contributed by atoms with Gasteiger partial charge in [-0.25, -0.2) is 22.4 Å². The molecule has 1 heterocycles. The van der Waals surface area contributed by atoms with Crippen molar-refractivity contribution in [1.29, 1.82) is 0 Å². The third-order valence-corrected chi connectivity index (χ3v) is 6.46. The zero-order valence-electron chi connectivity index (χ0n) is 19.1. The van der Waals surface area contributed by atoms with Gasteiger partial charge < -0.3 is 15.3 Å². The van der Waals surface area contributed by atoms with E-state index in [1.165, 1.54) is 21.9 Å². The van der Waals surface area contributed by atoms with E-state index < -0.39 is 47.3 Å². The highest BCUT2D eigenvalue weighted by Gasteiger charge is 2.34. The van der Waals surface area contributed by atoms with E-state index in [1.54, 1.807) is 20.0 Å². The summed E-state index contributed by atoms with van der Waals surface area (Å²) in [5.41, 5.74) is 0.519. The fourth-order valence-corrected chi connectivity index (χ4v) is 4.26. The van der Waals surface area contributed by atoms with Crippen molar-refractivity contribution in [3.8, 4) is 5.75 Å². The number of carbonyl (C=O) groups excluding carboxylic acids is 2. The fraction of sp³-hybridized carbons (Fsp3) is 0.200. The molecule has 3 aromatic carbocycles. The Morgan fingerprint density at radius 2 is 1.67 bits per heavy atom. The van der Waals surface area contributed by atoms with Crippen molar-refractivity contribution in [2.45, 2.75) is 26.1 Å². The first-order valence-corrected chi connectivity index (χ1v) is 11.1. The highest BCUT2D eigenvalue weighted by molar-refractivity contribution is 6.31. The molecular weight excluding hydrogens is 502 g/mol. The van der Waals surface area contributed by atoms with Crippen molar-refractivity contribution in [3.05, 3.63) is 93.0 Å². The number of hydrogen-bond acceptors (Lipinski definition) is 3. The van der Waals surface area contributed by atoms with Crippen molar-refractivity contribution in [1.82, 2.24) is 10.2 Å². The molecule has 188 valence electrons. The molecule has 1 aliphatic rings. The summed E-state index contributed by atoms with van der Waals surface area (Å²) in [5, 5.41) is 11.9. The molecule has 0 spiro atoms. The Bertz CT molecular complexity index is 1340. The number of urea groups is 1. The predicted molar refractivity (Wildman–Crippen MR) is 125 cm³/mol. The van der Waals surface area contributed by atoms with Crippen LogP contribution >= 0.6 is 11.6 Å². The number of carbonyl (C=O) groups is 2.